The lowest BCUT2D eigenvalue weighted by Gasteiger charge is -2.24. The molecule has 2 heterocycles. The molecule has 1 aromatic rings. The van der Waals surface area contributed by atoms with Gasteiger partial charge in [0.05, 0.1) is 12.5 Å². The van der Waals surface area contributed by atoms with Crippen LogP contribution < -0.4 is 11.1 Å². The van der Waals surface area contributed by atoms with Crippen molar-refractivity contribution in [2.75, 3.05) is 11.9 Å². The molecular weight excluding hydrogens is 288 g/mol. The normalized spacial score (nSPS) is 18.8. The maximum Gasteiger partial charge on any atom is 0.326 e. The Kier molecular flexibility index (Phi) is 5.05. The maximum atomic E-state index is 12.2. The molecule has 2 atom stereocenters. The summed E-state index contributed by atoms with van der Waals surface area (Å²) in [6, 6.07) is 1.34. The number of nitrogens with zero attached hydrogens (tertiary/aromatic N) is 2. The van der Waals surface area contributed by atoms with Crippen LogP contribution in [0, 0.1) is 0 Å². The molecule has 22 heavy (non-hydrogen) atoms. The number of likely N-dealkylation sites (tertiary alicyclic amines) is 1. The summed E-state index contributed by atoms with van der Waals surface area (Å²) >= 11 is 0. The minimum atomic E-state index is -1.05. The number of carbonyl (C=O) groups excluding carboxylic acids is 2. The Balaban J connectivity index is 1.91. The van der Waals surface area contributed by atoms with E-state index in [-0.39, 0.29) is 6.42 Å². The Morgan fingerprint density at radius 3 is 2.73 bits per heavy atom. The van der Waals surface area contributed by atoms with Crippen LogP contribution in [0.1, 0.15) is 19.3 Å². The number of carbonyl (C=O) groups is 3. The lowest BCUT2D eigenvalue weighted by Crippen LogP contribution is -2.49. The molecule has 1 aromatic heterocycles. The molecule has 1 saturated heterocycles. The van der Waals surface area contributed by atoms with Gasteiger partial charge in [0.15, 0.2) is 0 Å². The number of nitrogens with one attached hydrogen (secondary N) is 1. The molecule has 0 saturated carbocycles. The number of amides is 2. The summed E-state index contributed by atoms with van der Waals surface area (Å²) in [6.07, 6.45) is 3.89. The summed E-state index contributed by atoms with van der Waals surface area (Å²) in [7, 11) is 0. The van der Waals surface area contributed by atoms with Gasteiger partial charge >= 0.3 is 5.97 Å². The largest absolute Gasteiger partial charge is 0.480 e. The van der Waals surface area contributed by atoms with Crippen molar-refractivity contribution in [1.29, 1.82) is 0 Å². The molecule has 8 heteroatoms. The Hall–Kier alpha value is -2.48. The summed E-state index contributed by atoms with van der Waals surface area (Å²) in [5.74, 6) is -1.95. The average molecular weight is 306 g/mol. The summed E-state index contributed by atoms with van der Waals surface area (Å²) < 4.78 is 0. The van der Waals surface area contributed by atoms with Crippen molar-refractivity contribution in [3.63, 3.8) is 0 Å². The first kappa shape index (κ1) is 15.9. The molecule has 0 spiro atoms. The Morgan fingerprint density at radius 1 is 1.41 bits per heavy atom. The molecule has 0 aliphatic carbocycles. The first-order valence-electron chi connectivity index (χ1n) is 6.98. The number of nitrogens with two attached hydrogens (primary N) is 1. The number of carboxylic acids is 1. The van der Waals surface area contributed by atoms with E-state index in [1.807, 2.05) is 0 Å². The van der Waals surface area contributed by atoms with Crippen LogP contribution in [0.25, 0.3) is 0 Å². The number of aliphatic carboxylic acids is 1. The highest BCUT2D eigenvalue weighted by Crippen LogP contribution is 2.18. The van der Waals surface area contributed by atoms with E-state index in [1.54, 1.807) is 12.1 Å². The quantitative estimate of drug-likeness (QED) is 0.692. The molecule has 0 aromatic carbocycles. The fourth-order valence-corrected chi connectivity index (χ4v) is 2.43. The van der Waals surface area contributed by atoms with Gasteiger partial charge in [0.1, 0.15) is 6.04 Å². The van der Waals surface area contributed by atoms with E-state index in [0.29, 0.717) is 25.1 Å². The van der Waals surface area contributed by atoms with Gasteiger partial charge < -0.3 is 21.1 Å². The number of hydrogen-bond donors (Lipinski definition) is 3. The topological polar surface area (TPSA) is 126 Å². The predicted molar refractivity (Wildman–Crippen MR) is 77.8 cm³/mol. The lowest BCUT2D eigenvalue weighted by molar-refractivity contribution is -0.148. The maximum absolute atomic E-state index is 12.2. The van der Waals surface area contributed by atoms with Crippen molar-refractivity contribution in [2.24, 2.45) is 5.73 Å². The van der Waals surface area contributed by atoms with Gasteiger partial charge in [-0.3, -0.25) is 14.6 Å². The van der Waals surface area contributed by atoms with Crippen molar-refractivity contribution in [3.05, 3.63) is 24.5 Å². The molecule has 0 unspecified atom stereocenters. The van der Waals surface area contributed by atoms with Gasteiger partial charge in [0.25, 0.3) is 0 Å². The van der Waals surface area contributed by atoms with E-state index in [2.05, 4.69) is 10.3 Å². The standard InChI is InChI=1S/C14H18N4O4/c15-10(8-12(19)17-9-3-5-16-6-4-9)13(20)18-7-1-2-11(18)14(21)22/h3-6,10-11H,1-2,7-8,15H2,(H,21,22)(H,16,17,19)/t10-,11+/m1/s1. The number of pyridine rings is 1. The molecular formula is C14H18N4O4. The highest BCUT2D eigenvalue weighted by molar-refractivity contribution is 5.96. The third-order valence-electron chi connectivity index (χ3n) is 3.51. The highest BCUT2D eigenvalue weighted by atomic mass is 16.4. The molecule has 1 aliphatic rings. The number of aromatic nitrogens is 1. The predicted octanol–water partition coefficient (Wildman–Crippen LogP) is -0.187. The molecule has 2 amide bonds. The minimum absolute atomic E-state index is 0.204. The van der Waals surface area contributed by atoms with Crippen LogP contribution in [0.3, 0.4) is 0 Å². The van der Waals surface area contributed by atoms with E-state index < -0.39 is 29.9 Å². The Morgan fingerprint density at radius 2 is 2.09 bits per heavy atom. The smallest absolute Gasteiger partial charge is 0.326 e. The van der Waals surface area contributed by atoms with Crippen molar-refractivity contribution >= 4 is 23.5 Å². The number of anilines is 1. The van der Waals surface area contributed by atoms with Crippen LogP contribution in [0.4, 0.5) is 5.69 Å². The van der Waals surface area contributed by atoms with Gasteiger partial charge in [-0.25, -0.2) is 4.79 Å². The van der Waals surface area contributed by atoms with Gasteiger partial charge in [0, 0.05) is 24.6 Å². The second-order valence-corrected chi connectivity index (χ2v) is 5.12. The first-order valence-corrected chi connectivity index (χ1v) is 6.98. The molecule has 1 aliphatic heterocycles. The average Bonchev–Trinajstić information content (AvgIpc) is 2.96. The van der Waals surface area contributed by atoms with Crippen molar-refractivity contribution in [2.45, 2.75) is 31.3 Å². The van der Waals surface area contributed by atoms with E-state index in [1.165, 1.54) is 17.3 Å². The van der Waals surface area contributed by atoms with Crippen LogP contribution in [-0.2, 0) is 14.4 Å². The minimum Gasteiger partial charge on any atom is -0.480 e. The fourth-order valence-electron chi connectivity index (χ4n) is 2.43. The first-order chi connectivity index (χ1) is 10.5. The second-order valence-electron chi connectivity index (χ2n) is 5.12. The Bertz CT molecular complexity index is 563. The molecule has 2 rings (SSSR count). The third kappa shape index (κ3) is 3.79. The van der Waals surface area contributed by atoms with Gasteiger partial charge in [-0.15, -0.1) is 0 Å². The zero-order valence-electron chi connectivity index (χ0n) is 11.9. The molecule has 0 radical (unpaired) electrons. The van der Waals surface area contributed by atoms with Crippen LogP contribution in [0.2, 0.25) is 0 Å². The molecule has 0 bridgehead atoms. The summed E-state index contributed by atoms with van der Waals surface area (Å²) in [5, 5.41) is 11.7. The lowest BCUT2D eigenvalue weighted by atomic mass is 10.1. The van der Waals surface area contributed by atoms with Crippen LogP contribution >= 0.6 is 0 Å². The summed E-state index contributed by atoms with van der Waals surface area (Å²) in [5.41, 5.74) is 6.32. The van der Waals surface area contributed by atoms with Crippen molar-refractivity contribution in [3.8, 4) is 0 Å². The number of rotatable bonds is 5. The van der Waals surface area contributed by atoms with Gasteiger partial charge in [-0.2, -0.15) is 0 Å². The SMILES string of the molecule is N[C@H](CC(=O)Nc1ccncc1)C(=O)N1CCC[C@H]1C(=O)O. The fraction of sp³-hybridized carbons (Fsp3) is 0.429. The summed E-state index contributed by atoms with van der Waals surface area (Å²) in [4.78, 5) is 40.2. The third-order valence-corrected chi connectivity index (χ3v) is 3.51. The summed E-state index contributed by atoms with van der Waals surface area (Å²) in [6.45, 7) is 0.357. The van der Waals surface area contributed by atoms with Crippen LogP contribution in [0.5, 0.6) is 0 Å². The number of hydrogen-bond acceptors (Lipinski definition) is 5. The molecule has 8 nitrogen and oxygen atoms in total. The monoisotopic (exact) mass is 306 g/mol. The van der Waals surface area contributed by atoms with Crippen molar-refractivity contribution < 1.29 is 19.5 Å². The van der Waals surface area contributed by atoms with E-state index in [9.17, 15) is 14.4 Å². The van der Waals surface area contributed by atoms with Crippen LogP contribution in [0.15, 0.2) is 24.5 Å². The van der Waals surface area contributed by atoms with Gasteiger partial charge in [-0.1, -0.05) is 0 Å². The highest BCUT2D eigenvalue weighted by Gasteiger charge is 2.36. The second kappa shape index (κ2) is 6.99. The van der Waals surface area contributed by atoms with E-state index >= 15 is 0 Å². The Labute approximate surface area is 127 Å². The van der Waals surface area contributed by atoms with Gasteiger partial charge in [0.2, 0.25) is 11.8 Å². The zero-order chi connectivity index (χ0) is 16.1. The van der Waals surface area contributed by atoms with E-state index in [4.69, 9.17) is 10.8 Å². The van der Waals surface area contributed by atoms with Crippen LogP contribution in [-0.4, -0.2) is 51.4 Å². The molecule has 118 valence electrons. The molecule has 1 fully saturated rings. The van der Waals surface area contributed by atoms with Gasteiger partial charge in [-0.05, 0) is 25.0 Å². The van der Waals surface area contributed by atoms with E-state index in [0.717, 1.165) is 0 Å². The number of carboxylic acid groups (broad SMARTS) is 1. The molecule has 4 N–H and O–H groups in total. The van der Waals surface area contributed by atoms with Crippen molar-refractivity contribution in [1.82, 2.24) is 9.88 Å². The zero-order valence-corrected chi connectivity index (χ0v) is 11.9.